The van der Waals surface area contributed by atoms with E-state index in [0.717, 1.165) is 73.9 Å². The number of phosphoric acid groups is 3. The zero-order chi connectivity index (χ0) is 53.9. The number of aliphatic hydroxyl groups is 2. The molecule has 0 aromatic carbocycles. The molecule has 3 heterocycles. The number of nitrogens with one attached hydrogen (secondary N) is 2. The van der Waals surface area contributed by atoms with Crippen LogP contribution in [0, 0.1) is 5.41 Å². The topological polar surface area (TPSA) is 364 Å². The lowest BCUT2D eigenvalue weighted by Gasteiger charge is -2.30. The molecule has 0 aliphatic carbocycles. The zero-order valence-corrected chi connectivity index (χ0v) is 44.3. The fourth-order valence-electron chi connectivity index (χ4n) is 6.34. The third-order valence-corrected chi connectivity index (χ3v) is 14.0. The van der Waals surface area contributed by atoms with Crippen LogP contribution in [0.25, 0.3) is 11.2 Å². The lowest BCUT2D eigenvalue weighted by atomic mass is 9.87. The Labute approximate surface area is 428 Å². The highest BCUT2D eigenvalue weighted by Crippen LogP contribution is 2.61. The van der Waals surface area contributed by atoms with Gasteiger partial charge in [0, 0.05) is 30.7 Å². The maximum Gasteiger partial charge on any atom is 0.481 e. The van der Waals surface area contributed by atoms with Crippen LogP contribution in [0.4, 0.5) is 5.82 Å². The lowest BCUT2D eigenvalue weighted by Crippen LogP contribution is -2.46. The number of ether oxygens (including phenoxy) is 1. The van der Waals surface area contributed by atoms with Gasteiger partial charge in [0.1, 0.15) is 36.3 Å². The third kappa shape index (κ3) is 24.8. The Hall–Kier alpha value is -4.26. The fraction of sp³-hybridized carbons (Fsp3) is 0.511. The molecule has 3 rings (SSSR count). The van der Waals surface area contributed by atoms with Gasteiger partial charge < -0.3 is 50.9 Å². The molecule has 28 heteroatoms. The van der Waals surface area contributed by atoms with Gasteiger partial charge in [-0.15, -0.1) is 0 Å². The summed E-state index contributed by atoms with van der Waals surface area (Å²) in [7, 11) is -16.4. The number of carbonyl (C=O) groups excluding carboxylic acids is 3. The Morgan fingerprint density at radius 3 is 2.01 bits per heavy atom. The molecule has 1 fully saturated rings. The first-order valence-electron chi connectivity index (χ1n) is 23.2. The maximum atomic E-state index is 12.8. The van der Waals surface area contributed by atoms with Crippen LogP contribution in [-0.2, 0) is 50.7 Å². The van der Waals surface area contributed by atoms with Crippen molar-refractivity contribution in [3.8, 4) is 0 Å². The summed E-state index contributed by atoms with van der Waals surface area (Å²) >= 11 is 1.03. The van der Waals surface area contributed by atoms with E-state index in [1.54, 1.807) is 6.08 Å². The molecule has 1 aliphatic rings. The van der Waals surface area contributed by atoms with Crippen LogP contribution in [0.3, 0.4) is 0 Å². The van der Waals surface area contributed by atoms with Crippen LogP contribution >= 0.6 is 35.2 Å². The number of allylic oxidation sites excluding steroid dienone is 13. The molecular weight excluding hydrogens is 1040 g/mol. The number of anilines is 1. The summed E-state index contributed by atoms with van der Waals surface area (Å²) in [4.78, 5) is 88.4. The molecule has 10 N–H and O–H groups in total. The molecule has 7 unspecified atom stereocenters. The van der Waals surface area contributed by atoms with Gasteiger partial charge in [-0.3, -0.25) is 32.5 Å². The van der Waals surface area contributed by atoms with Crippen LogP contribution in [0.2, 0.25) is 0 Å². The monoisotopic (exact) mass is 1100 g/mol. The number of hydrogen-bond acceptors (Lipinski definition) is 18. The third-order valence-electron chi connectivity index (χ3n) is 10.1. The number of rotatable bonds is 34. The van der Waals surface area contributed by atoms with Gasteiger partial charge in [0.25, 0.3) is 0 Å². The number of carbonyl (C=O) groups is 3. The van der Waals surface area contributed by atoms with Gasteiger partial charge in [0.05, 0.1) is 19.5 Å². The number of amides is 2. The summed E-state index contributed by atoms with van der Waals surface area (Å²) in [5.74, 6) is -1.16. The summed E-state index contributed by atoms with van der Waals surface area (Å²) in [5, 5.41) is 26.4. The number of aromatic nitrogens is 4. The summed E-state index contributed by atoms with van der Waals surface area (Å²) in [6, 6.07) is 0. The highest BCUT2D eigenvalue weighted by molar-refractivity contribution is 8.14. The van der Waals surface area contributed by atoms with Crippen molar-refractivity contribution < 1.29 is 80.5 Å². The van der Waals surface area contributed by atoms with Crippen molar-refractivity contribution in [2.45, 2.75) is 109 Å². The lowest BCUT2D eigenvalue weighted by molar-refractivity contribution is -0.137. The average molecular weight is 1100 g/mol. The normalized spacial score (nSPS) is 20.2. The minimum absolute atomic E-state index is 0.0284. The van der Waals surface area contributed by atoms with E-state index >= 15 is 0 Å². The Morgan fingerprint density at radius 1 is 0.836 bits per heavy atom. The number of unbranched alkanes of at least 4 members (excludes halogenated alkanes) is 1. The molecule has 1 saturated heterocycles. The van der Waals surface area contributed by atoms with Gasteiger partial charge in [0.15, 0.2) is 17.7 Å². The molecule has 2 aromatic rings. The molecule has 0 radical (unpaired) electrons. The molecule has 1 aliphatic heterocycles. The number of imidazole rings is 1. The molecular formula is C45H68N7O17P3S. The van der Waals surface area contributed by atoms with Crippen LogP contribution in [0.1, 0.15) is 84.8 Å². The second-order valence-electron chi connectivity index (χ2n) is 16.6. The van der Waals surface area contributed by atoms with Crippen molar-refractivity contribution >= 4 is 69.1 Å². The largest absolute Gasteiger partial charge is 0.481 e. The molecule has 2 amide bonds. The zero-order valence-electron chi connectivity index (χ0n) is 40.8. The number of fused-ring (bicyclic) bond motifs is 1. The van der Waals surface area contributed by atoms with Gasteiger partial charge in [-0.05, 0) is 57.4 Å². The van der Waals surface area contributed by atoms with Crippen molar-refractivity contribution in [1.29, 1.82) is 0 Å². The van der Waals surface area contributed by atoms with Crippen LogP contribution in [0.5, 0.6) is 0 Å². The van der Waals surface area contributed by atoms with Crippen molar-refractivity contribution in [1.82, 2.24) is 30.2 Å². The van der Waals surface area contributed by atoms with Crippen LogP contribution in [-0.4, -0.2) is 123 Å². The predicted molar refractivity (Wildman–Crippen MR) is 274 cm³/mol. The van der Waals surface area contributed by atoms with E-state index in [9.17, 15) is 57.9 Å². The number of nitrogens with zero attached hydrogens (tertiary/aromatic N) is 4. The minimum atomic E-state index is -5.59. The second-order valence-corrected chi connectivity index (χ2v) is 22.0. The summed E-state index contributed by atoms with van der Waals surface area (Å²) in [5.41, 5.74) is 4.26. The number of phosphoric ester groups is 3. The standard InChI is InChI=1S/C45H68N7O17P3S/c1-4-5-6-7-8-9-10-11-12-13-14-15-16-17-18-19-20-21-22-23-24-25-36(54)73-29-28-47-35(53)26-27-48-43(57)40(56)45(2,3)31-66-72(63,64)69-71(61,62)65-30-34-39(68-70(58,59)60)38(55)44(67-34)52-33-51-37-41(46)49-32-50-42(37)52/h5-6,8-9,11-12,14-15,17-18,20-21,24-25,32-34,38-40,44,55-56H,4,7,10,13,16,19,22-23,26-31H2,1-3H3,(H,47,53)(H,48,57)(H,61,62)(H,63,64)(H2,46,49,50)(H2,58,59,60)/b6-5-,9-8+,12-11+,15-14+,18-17+,21-20+,25-24+. The number of thioether (sulfide) groups is 1. The SMILES string of the molecule is CC/C=C\C/C=C/C/C=C/C/C=C/C/C=C/C/C=C/CC/C=C/C(=O)SCCNC(=O)CCNC(=O)C(O)C(C)(C)COP(=O)(O)OP(=O)(O)OCC1OC(n2cnc3c(N)ncnc32)C(O)C1OP(=O)(O)O. The first-order chi connectivity index (χ1) is 34.6. The fourth-order valence-corrected chi connectivity index (χ4v) is 9.77. The van der Waals surface area contributed by atoms with Crippen molar-refractivity contribution in [2.24, 2.45) is 5.41 Å². The van der Waals surface area contributed by atoms with Crippen molar-refractivity contribution in [2.75, 3.05) is 37.8 Å². The van der Waals surface area contributed by atoms with Gasteiger partial charge in [-0.2, -0.15) is 4.31 Å². The minimum Gasteiger partial charge on any atom is -0.386 e. The second kappa shape index (κ2) is 32.2. The van der Waals surface area contributed by atoms with E-state index in [4.69, 9.17) is 19.5 Å². The van der Waals surface area contributed by atoms with Crippen molar-refractivity contribution in [3.63, 3.8) is 0 Å². The number of nitrogen functional groups attached to an aromatic ring is 1. The summed E-state index contributed by atoms with van der Waals surface area (Å²) in [6.45, 7) is 2.57. The highest BCUT2D eigenvalue weighted by Gasteiger charge is 2.50. The Kier molecular flexibility index (Phi) is 27.8. The molecule has 73 heavy (non-hydrogen) atoms. The summed E-state index contributed by atoms with van der Waals surface area (Å²) in [6.07, 6.45) is 29.2. The maximum absolute atomic E-state index is 12.8. The van der Waals surface area contributed by atoms with E-state index in [1.807, 2.05) is 0 Å². The van der Waals surface area contributed by atoms with Crippen LogP contribution < -0.4 is 16.4 Å². The molecule has 0 spiro atoms. The predicted octanol–water partition coefficient (Wildman–Crippen LogP) is 5.70. The van der Waals surface area contributed by atoms with Gasteiger partial charge in [-0.1, -0.05) is 112 Å². The number of hydrogen-bond donors (Lipinski definition) is 9. The van der Waals surface area contributed by atoms with Gasteiger partial charge in [-0.25, -0.2) is 28.6 Å². The van der Waals surface area contributed by atoms with E-state index < -0.39 is 84.6 Å². The van der Waals surface area contributed by atoms with E-state index in [2.05, 4.69) is 114 Å². The van der Waals surface area contributed by atoms with Crippen LogP contribution in [0.15, 0.2) is 97.7 Å². The average Bonchev–Trinajstić information content (AvgIpc) is 3.88. The van der Waals surface area contributed by atoms with E-state index in [0.29, 0.717) is 12.2 Å². The molecule has 24 nitrogen and oxygen atoms in total. The highest BCUT2D eigenvalue weighted by atomic mass is 32.2. The Morgan fingerprint density at radius 2 is 1.41 bits per heavy atom. The molecule has 0 saturated carbocycles. The van der Waals surface area contributed by atoms with Gasteiger partial charge >= 0.3 is 23.5 Å². The van der Waals surface area contributed by atoms with E-state index in [1.165, 1.54) is 19.9 Å². The Bertz CT molecular complexity index is 2440. The molecule has 0 bridgehead atoms. The molecule has 7 atom stereocenters. The first kappa shape index (κ1) is 63.0. The van der Waals surface area contributed by atoms with Crippen molar-refractivity contribution in [3.05, 3.63) is 97.7 Å². The first-order valence-corrected chi connectivity index (χ1v) is 28.7. The van der Waals surface area contributed by atoms with E-state index in [-0.39, 0.29) is 41.6 Å². The quantitative estimate of drug-likeness (QED) is 0.0176. The number of aliphatic hydroxyl groups excluding tert-OH is 2. The Balaban J connectivity index is 1.28. The molecule has 2 aromatic heterocycles. The molecule has 406 valence electrons. The number of nitrogens with two attached hydrogens (primary N) is 1. The van der Waals surface area contributed by atoms with Gasteiger partial charge in [0.2, 0.25) is 16.9 Å². The smallest absolute Gasteiger partial charge is 0.386 e. The summed E-state index contributed by atoms with van der Waals surface area (Å²) < 4.78 is 62.5.